The zero-order chi connectivity index (χ0) is 17.5. The minimum atomic E-state index is -0.0956. The average molecular weight is 342 g/mol. The van der Waals surface area contributed by atoms with Crippen molar-refractivity contribution in [1.82, 2.24) is 10.6 Å². The van der Waals surface area contributed by atoms with Gasteiger partial charge in [-0.2, -0.15) is 0 Å². The predicted molar refractivity (Wildman–Crippen MR) is 101 cm³/mol. The highest BCUT2D eigenvalue weighted by Gasteiger charge is 2.29. The molecule has 2 aliphatic rings. The minimum Gasteiger partial charge on any atom is -0.496 e. The van der Waals surface area contributed by atoms with Crippen LogP contribution in [0.1, 0.15) is 75.8 Å². The zero-order valence-electron chi connectivity index (χ0n) is 15.3. The number of methoxy groups -OCH3 is 1. The third-order valence-electron chi connectivity index (χ3n) is 5.35. The molecule has 1 heterocycles. The highest BCUT2D eigenvalue weighted by atomic mass is 16.5. The van der Waals surface area contributed by atoms with Crippen LogP contribution in [0.15, 0.2) is 35.5 Å². The lowest BCUT2D eigenvalue weighted by atomic mass is 9.88. The molecule has 1 aliphatic carbocycles. The van der Waals surface area contributed by atoms with Gasteiger partial charge in [0.2, 0.25) is 0 Å². The van der Waals surface area contributed by atoms with E-state index in [2.05, 4.69) is 16.7 Å². The van der Waals surface area contributed by atoms with Crippen molar-refractivity contribution in [2.75, 3.05) is 7.11 Å². The molecule has 0 fully saturated rings. The maximum atomic E-state index is 12.3. The fraction of sp³-hybridized carbons (Fsp3) is 0.571. The maximum absolute atomic E-state index is 12.3. The molecule has 0 aromatic heterocycles. The van der Waals surface area contributed by atoms with Gasteiger partial charge < -0.3 is 15.4 Å². The third-order valence-corrected chi connectivity index (χ3v) is 5.35. The monoisotopic (exact) mass is 342 g/mol. The Morgan fingerprint density at radius 3 is 2.28 bits per heavy atom. The van der Waals surface area contributed by atoms with Crippen LogP contribution in [0.25, 0.3) is 0 Å². The van der Waals surface area contributed by atoms with E-state index < -0.39 is 0 Å². The van der Waals surface area contributed by atoms with Crippen molar-refractivity contribution >= 4 is 6.03 Å². The number of amides is 2. The second-order valence-corrected chi connectivity index (χ2v) is 7.11. The van der Waals surface area contributed by atoms with Crippen molar-refractivity contribution in [3.63, 3.8) is 0 Å². The molecule has 1 unspecified atom stereocenters. The standard InChI is InChI=1S/C21H30N2O2/c1-25-19-15-11-10-13-17(19)20-16-12-8-6-4-2-3-5-7-9-14-18(16)22-21(24)23-20/h10-11,13,15,20H,2-9,12,14H2,1H3,(H2,22,23,24). The van der Waals surface area contributed by atoms with Gasteiger partial charge in [0.15, 0.2) is 0 Å². The summed E-state index contributed by atoms with van der Waals surface area (Å²) in [5.74, 6) is 0.840. The number of para-hydroxylation sites is 1. The largest absolute Gasteiger partial charge is 0.496 e. The molecule has 0 radical (unpaired) electrons. The Bertz CT molecular complexity index is 624. The molecule has 4 heteroatoms. The Balaban J connectivity index is 1.92. The highest BCUT2D eigenvalue weighted by molar-refractivity contribution is 5.79. The number of ether oxygens (including phenoxy) is 1. The summed E-state index contributed by atoms with van der Waals surface area (Å²) in [5, 5.41) is 6.23. The maximum Gasteiger partial charge on any atom is 0.319 e. The Hall–Kier alpha value is -1.97. The summed E-state index contributed by atoms with van der Waals surface area (Å²) in [4.78, 5) is 12.3. The highest BCUT2D eigenvalue weighted by Crippen LogP contribution is 2.36. The lowest BCUT2D eigenvalue weighted by Crippen LogP contribution is -2.44. The molecule has 0 bridgehead atoms. The van der Waals surface area contributed by atoms with E-state index >= 15 is 0 Å². The van der Waals surface area contributed by atoms with Crippen LogP contribution in [0.2, 0.25) is 0 Å². The third kappa shape index (κ3) is 4.56. The summed E-state index contributed by atoms with van der Waals surface area (Å²) in [6.07, 6.45) is 12.2. The Morgan fingerprint density at radius 1 is 0.920 bits per heavy atom. The number of allylic oxidation sites excluding steroid dienone is 1. The van der Waals surface area contributed by atoms with E-state index in [1.165, 1.54) is 50.5 Å². The lowest BCUT2D eigenvalue weighted by Gasteiger charge is -2.32. The molecule has 1 aromatic rings. The van der Waals surface area contributed by atoms with E-state index in [9.17, 15) is 4.79 Å². The summed E-state index contributed by atoms with van der Waals surface area (Å²) >= 11 is 0. The summed E-state index contributed by atoms with van der Waals surface area (Å²) in [7, 11) is 1.69. The smallest absolute Gasteiger partial charge is 0.319 e. The summed E-state index contributed by atoms with van der Waals surface area (Å²) in [5.41, 5.74) is 3.53. The number of rotatable bonds is 2. The molecule has 1 atom stereocenters. The molecule has 1 aromatic carbocycles. The van der Waals surface area contributed by atoms with Crippen molar-refractivity contribution in [1.29, 1.82) is 0 Å². The number of urea groups is 1. The summed E-state index contributed by atoms with van der Waals surface area (Å²) in [6.45, 7) is 0. The van der Waals surface area contributed by atoms with E-state index in [1.54, 1.807) is 7.11 Å². The lowest BCUT2D eigenvalue weighted by molar-refractivity contribution is 0.237. The van der Waals surface area contributed by atoms with Gasteiger partial charge >= 0.3 is 6.03 Å². The van der Waals surface area contributed by atoms with Crippen molar-refractivity contribution in [2.24, 2.45) is 0 Å². The van der Waals surface area contributed by atoms with Crippen LogP contribution in [-0.2, 0) is 0 Å². The van der Waals surface area contributed by atoms with Crippen LogP contribution in [-0.4, -0.2) is 13.1 Å². The Labute approximate surface area is 151 Å². The van der Waals surface area contributed by atoms with E-state index in [-0.39, 0.29) is 12.1 Å². The topological polar surface area (TPSA) is 50.4 Å². The van der Waals surface area contributed by atoms with E-state index in [4.69, 9.17) is 4.74 Å². The fourth-order valence-electron chi connectivity index (χ4n) is 4.01. The van der Waals surface area contributed by atoms with Gasteiger partial charge in [0.1, 0.15) is 5.75 Å². The second-order valence-electron chi connectivity index (χ2n) is 7.11. The molecule has 0 saturated heterocycles. The van der Waals surface area contributed by atoms with Crippen molar-refractivity contribution < 1.29 is 9.53 Å². The van der Waals surface area contributed by atoms with Crippen LogP contribution in [0.5, 0.6) is 5.75 Å². The summed E-state index contributed by atoms with van der Waals surface area (Å²) < 4.78 is 5.56. The molecular weight excluding hydrogens is 312 g/mol. The molecule has 4 nitrogen and oxygen atoms in total. The molecule has 3 rings (SSSR count). The summed E-state index contributed by atoms with van der Waals surface area (Å²) in [6, 6.07) is 7.85. The Morgan fingerprint density at radius 2 is 1.56 bits per heavy atom. The molecule has 0 saturated carbocycles. The number of nitrogens with one attached hydrogen (secondary N) is 2. The molecule has 1 aliphatic heterocycles. The van der Waals surface area contributed by atoms with Crippen LogP contribution >= 0.6 is 0 Å². The molecule has 2 N–H and O–H groups in total. The van der Waals surface area contributed by atoms with Gasteiger partial charge in [-0.05, 0) is 37.3 Å². The first kappa shape index (κ1) is 17.8. The van der Waals surface area contributed by atoms with Gasteiger partial charge in [0.25, 0.3) is 0 Å². The quantitative estimate of drug-likeness (QED) is 0.774. The van der Waals surface area contributed by atoms with Gasteiger partial charge in [-0.1, -0.05) is 56.7 Å². The number of carbonyl (C=O) groups excluding carboxylic acids is 1. The van der Waals surface area contributed by atoms with E-state index in [0.717, 1.165) is 36.3 Å². The second kappa shape index (κ2) is 8.93. The molecule has 136 valence electrons. The van der Waals surface area contributed by atoms with Gasteiger partial charge in [0, 0.05) is 11.3 Å². The first-order valence-electron chi connectivity index (χ1n) is 9.72. The van der Waals surface area contributed by atoms with Crippen LogP contribution in [0.3, 0.4) is 0 Å². The van der Waals surface area contributed by atoms with E-state index in [1.807, 2.05) is 18.2 Å². The number of benzene rings is 1. The van der Waals surface area contributed by atoms with E-state index in [0.29, 0.717) is 0 Å². The zero-order valence-corrected chi connectivity index (χ0v) is 15.3. The first-order valence-corrected chi connectivity index (χ1v) is 9.72. The number of hydrogen-bond donors (Lipinski definition) is 2. The molecule has 2 amide bonds. The van der Waals surface area contributed by atoms with Gasteiger partial charge in [0.05, 0.1) is 13.2 Å². The SMILES string of the molecule is COc1ccccc1C1NC(=O)NC2=C1CCCCCCCCCC2. The average Bonchev–Trinajstić information content (AvgIpc) is 2.62. The molecule has 0 spiro atoms. The van der Waals surface area contributed by atoms with Crippen LogP contribution in [0, 0.1) is 0 Å². The number of carbonyl (C=O) groups is 1. The fourth-order valence-corrected chi connectivity index (χ4v) is 4.01. The van der Waals surface area contributed by atoms with Gasteiger partial charge in [-0.15, -0.1) is 0 Å². The van der Waals surface area contributed by atoms with Crippen molar-refractivity contribution in [3.05, 3.63) is 41.1 Å². The molecule has 25 heavy (non-hydrogen) atoms. The van der Waals surface area contributed by atoms with Crippen LogP contribution in [0.4, 0.5) is 4.79 Å². The van der Waals surface area contributed by atoms with Crippen molar-refractivity contribution in [3.8, 4) is 5.75 Å². The normalized spacial score (nSPS) is 22.8. The van der Waals surface area contributed by atoms with Crippen molar-refractivity contribution in [2.45, 2.75) is 70.3 Å². The van der Waals surface area contributed by atoms with Gasteiger partial charge in [-0.25, -0.2) is 4.79 Å². The first-order chi connectivity index (χ1) is 12.3. The van der Waals surface area contributed by atoms with Gasteiger partial charge in [-0.3, -0.25) is 0 Å². The predicted octanol–water partition coefficient (Wildman–Crippen LogP) is 5.22. The number of hydrogen-bond acceptors (Lipinski definition) is 2. The van der Waals surface area contributed by atoms with Crippen LogP contribution < -0.4 is 15.4 Å². The Kier molecular flexibility index (Phi) is 6.37. The molecular formula is C21H30N2O2. The minimum absolute atomic E-state index is 0.0807.